The minimum Gasteiger partial charge on any atom is -0.480 e. The van der Waals surface area contributed by atoms with E-state index in [0.717, 1.165) is 18.6 Å². The monoisotopic (exact) mass is 334 g/mol. The molecule has 0 fully saturated rings. The van der Waals surface area contributed by atoms with E-state index in [1.54, 1.807) is 0 Å². The number of hydrogen-bond donors (Lipinski definition) is 3. The second kappa shape index (κ2) is 6.43. The van der Waals surface area contributed by atoms with Gasteiger partial charge in [-0.2, -0.15) is 0 Å². The number of nitrogens with one attached hydrogen (secondary N) is 2. The summed E-state index contributed by atoms with van der Waals surface area (Å²) in [5.74, 6) is -3.53. The number of benzene rings is 1. The number of rotatable bonds is 4. The topological polar surface area (TPSA) is 82.2 Å². The van der Waals surface area contributed by atoms with E-state index in [4.69, 9.17) is 0 Å². The summed E-state index contributed by atoms with van der Waals surface area (Å²) in [7, 11) is 0. The molecule has 7 heteroatoms. The fourth-order valence-electron chi connectivity index (χ4n) is 3.01. The zero-order valence-electron chi connectivity index (χ0n) is 12.7. The molecule has 1 aliphatic rings. The number of aromatic nitrogens is 1. The minimum absolute atomic E-state index is 0.00731. The predicted molar refractivity (Wildman–Crippen MR) is 83.6 cm³/mol. The number of carbonyl (C=O) groups is 2. The molecule has 0 saturated heterocycles. The molecule has 5 nitrogen and oxygen atoms in total. The molecule has 3 rings (SSSR count). The first-order valence-corrected chi connectivity index (χ1v) is 7.62. The second-order valence-corrected chi connectivity index (χ2v) is 5.87. The molecule has 1 amide bonds. The van der Waals surface area contributed by atoms with Gasteiger partial charge < -0.3 is 15.4 Å². The summed E-state index contributed by atoms with van der Waals surface area (Å²) >= 11 is 0. The molecule has 2 aromatic rings. The van der Waals surface area contributed by atoms with Crippen LogP contribution in [0.5, 0.6) is 0 Å². The largest absolute Gasteiger partial charge is 0.480 e. The summed E-state index contributed by atoms with van der Waals surface area (Å²) in [4.78, 5) is 26.4. The van der Waals surface area contributed by atoms with E-state index in [-0.39, 0.29) is 22.5 Å². The van der Waals surface area contributed by atoms with Crippen molar-refractivity contribution < 1.29 is 23.5 Å². The molecule has 0 radical (unpaired) electrons. The third-order valence-corrected chi connectivity index (χ3v) is 4.22. The first kappa shape index (κ1) is 16.2. The Morgan fingerprint density at radius 2 is 2.04 bits per heavy atom. The normalized spacial score (nSPS) is 18.5. The van der Waals surface area contributed by atoms with E-state index >= 15 is 0 Å². The fourth-order valence-corrected chi connectivity index (χ4v) is 3.01. The van der Waals surface area contributed by atoms with Gasteiger partial charge in [0.05, 0.1) is 5.52 Å². The van der Waals surface area contributed by atoms with Crippen LogP contribution >= 0.6 is 0 Å². The van der Waals surface area contributed by atoms with Gasteiger partial charge in [-0.25, -0.2) is 13.6 Å². The maximum Gasteiger partial charge on any atom is 0.326 e. The molecule has 3 N–H and O–H groups in total. The fraction of sp³-hybridized carbons (Fsp3) is 0.294. The highest BCUT2D eigenvalue weighted by Crippen LogP contribution is 2.23. The molecule has 0 spiro atoms. The van der Waals surface area contributed by atoms with Crippen molar-refractivity contribution in [3.05, 3.63) is 47.7 Å². The molecule has 1 aromatic carbocycles. The smallest absolute Gasteiger partial charge is 0.326 e. The molecule has 1 aliphatic carbocycles. The number of aromatic amines is 1. The molecular formula is C17H16F2N2O3. The van der Waals surface area contributed by atoms with Crippen molar-refractivity contribution in [3.8, 4) is 0 Å². The number of aliphatic carboxylic acids is 1. The number of amides is 1. The summed E-state index contributed by atoms with van der Waals surface area (Å²) in [6.45, 7) is 0. The zero-order valence-corrected chi connectivity index (χ0v) is 12.7. The van der Waals surface area contributed by atoms with Crippen molar-refractivity contribution in [1.82, 2.24) is 10.3 Å². The maximum atomic E-state index is 13.7. The third kappa shape index (κ3) is 3.15. The quantitative estimate of drug-likeness (QED) is 0.752. The summed E-state index contributed by atoms with van der Waals surface area (Å²) in [5, 5.41) is 12.1. The SMILES string of the molecule is O=C(NC(C(=O)O)C1CC=CCC1)c1cc2cc(F)cc(F)c2[nH]1. The van der Waals surface area contributed by atoms with Gasteiger partial charge >= 0.3 is 5.97 Å². The Labute approximate surface area is 136 Å². The number of H-pyrrole nitrogens is 1. The lowest BCUT2D eigenvalue weighted by molar-refractivity contribution is -0.140. The number of carboxylic acid groups (broad SMARTS) is 1. The second-order valence-electron chi connectivity index (χ2n) is 5.87. The van der Waals surface area contributed by atoms with Crippen molar-refractivity contribution in [2.75, 3.05) is 0 Å². The van der Waals surface area contributed by atoms with Crippen LogP contribution < -0.4 is 5.32 Å². The number of allylic oxidation sites excluding steroid dienone is 2. The minimum atomic E-state index is -1.11. The molecule has 0 saturated carbocycles. The van der Waals surface area contributed by atoms with Crippen LogP contribution in [0.25, 0.3) is 10.9 Å². The van der Waals surface area contributed by atoms with E-state index in [1.165, 1.54) is 6.07 Å². The van der Waals surface area contributed by atoms with Gasteiger partial charge in [0.15, 0.2) is 0 Å². The Morgan fingerprint density at radius 3 is 2.71 bits per heavy atom. The van der Waals surface area contributed by atoms with Gasteiger partial charge in [-0.15, -0.1) is 0 Å². The van der Waals surface area contributed by atoms with Crippen molar-refractivity contribution in [2.45, 2.75) is 25.3 Å². The molecule has 0 bridgehead atoms. The molecule has 126 valence electrons. The Balaban J connectivity index is 1.83. The first-order chi connectivity index (χ1) is 11.5. The first-order valence-electron chi connectivity index (χ1n) is 7.62. The predicted octanol–water partition coefficient (Wildman–Crippen LogP) is 2.99. The van der Waals surface area contributed by atoms with Crippen LogP contribution in [-0.4, -0.2) is 28.0 Å². The van der Waals surface area contributed by atoms with Crippen LogP contribution in [0.1, 0.15) is 29.8 Å². The standard InChI is InChI=1S/C17H16F2N2O3/c18-11-6-10-7-13(20-14(10)12(19)8-11)16(22)21-15(17(23)24)9-4-2-1-3-5-9/h1-2,6-9,15,20H,3-5H2,(H,21,22)(H,23,24). The number of hydrogen-bond acceptors (Lipinski definition) is 2. The molecular weight excluding hydrogens is 318 g/mol. The average molecular weight is 334 g/mol. The Hall–Kier alpha value is -2.70. The van der Waals surface area contributed by atoms with Crippen LogP contribution in [-0.2, 0) is 4.79 Å². The molecule has 24 heavy (non-hydrogen) atoms. The number of halogens is 2. The van der Waals surface area contributed by atoms with E-state index < -0.39 is 29.6 Å². The van der Waals surface area contributed by atoms with Crippen LogP contribution in [0.2, 0.25) is 0 Å². The van der Waals surface area contributed by atoms with Crippen molar-refractivity contribution in [1.29, 1.82) is 0 Å². The maximum absolute atomic E-state index is 13.7. The number of fused-ring (bicyclic) bond motifs is 1. The van der Waals surface area contributed by atoms with Crippen LogP contribution in [0, 0.1) is 17.6 Å². The summed E-state index contributed by atoms with van der Waals surface area (Å²) in [5.41, 5.74) is 0.00104. The Kier molecular flexibility index (Phi) is 4.33. The van der Waals surface area contributed by atoms with E-state index in [0.29, 0.717) is 12.8 Å². The van der Waals surface area contributed by atoms with Gasteiger partial charge in [0.2, 0.25) is 0 Å². The molecule has 2 unspecified atom stereocenters. The average Bonchev–Trinajstić information content (AvgIpc) is 2.97. The van der Waals surface area contributed by atoms with E-state index in [1.807, 2.05) is 12.2 Å². The molecule has 0 aliphatic heterocycles. The molecule has 2 atom stereocenters. The van der Waals surface area contributed by atoms with Gasteiger partial charge in [-0.05, 0) is 37.3 Å². The lowest BCUT2D eigenvalue weighted by atomic mass is 9.87. The van der Waals surface area contributed by atoms with Gasteiger partial charge in [0.1, 0.15) is 23.4 Å². The van der Waals surface area contributed by atoms with Gasteiger partial charge in [0.25, 0.3) is 5.91 Å². The molecule has 1 aromatic heterocycles. The van der Waals surface area contributed by atoms with Crippen LogP contribution in [0.3, 0.4) is 0 Å². The highest BCUT2D eigenvalue weighted by atomic mass is 19.1. The number of carbonyl (C=O) groups excluding carboxylic acids is 1. The summed E-state index contributed by atoms with van der Waals surface area (Å²) in [6, 6.07) is 2.09. The van der Waals surface area contributed by atoms with Crippen molar-refractivity contribution in [2.24, 2.45) is 5.92 Å². The van der Waals surface area contributed by atoms with Gasteiger partial charge in [-0.3, -0.25) is 4.79 Å². The number of carboxylic acids is 1. The van der Waals surface area contributed by atoms with Crippen molar-refractivity contribution in [3.63, 3.8) is 0 Å². The summed E-state index contributed by atoms with van der Waals surface area (Å²) in [6.07, 6.45) is 5.88. The van der Waals surface area contributed by atoms with Gasteiger partial charge in [0, 0.05) is 11.5 Å². The van der Waals surface area contributed by atoms with Crippen molar-refractivity contribution >= 4 is 22.8 Å². The van der Waals surface area contributed by atoms with Crippen LogP contribution in [0.4, 0.5) is 8.78 Å². The third-order valence-electron chi connectivity index (χ3n) is 4.22. The summed E-state index contributed by atoms with van der Waals surface area (Å²) < 4.78 is 26.9. The highest BCUT2D eigenvalue weighted by molar-refractivity contribution is 5.99. The molecule has 1 heterocycles. The van der Waals surface area contributed by atoms with E-state index in [9.17, 15) is 23.5 Å². The Bertz CT molecular complexity index is 829. The lowest BCUT2D eigenvalue weighted by Crippen LogP contribution is -2.46. The van der Waals surface area contributed by atoms with Crippen LogP contribution in [0.15, 0.2) is 30.4 Å². The lowest BCUT2D eigenvalue weighted by Gasteiger charge is -2.25. The highest BCUT2D eigenvalue weighted by Gasteiger charge is 2.30. The Morgan fingerprint density at radius 1 is 1.25 bits per heavy atom. The van der Waals surface area contributed by atoms with Gasteiger partial charge in [-0.1, -0.05) is 12.2 Å². The zero-order chi connectivity index (χ0) is 17.3. The van der Waals surface area contributed by atoms with E-state index in [2.05, 4.69) is 10.3 Å².